The van der Waals surface area contributed by atoms with Crippen LogP contribution in [0.3, 0.4) is 0 Å². The van der Waals surface area contributed by atoms with E-state index in [1.807, 2.05) is 33.3 Å². The molecule has 1 aromatic heterocycles. The zero-order valence-corrected chi connectivity index (χ0v) is 19.9. The number of benzene rings is 1. The van der Waals surface area contributed by atoms with E-state index < -0.39 is 9.84 Å². The lowest BCUT2D eigenvalue weighted by molar-refractivity contribution is 0.327. The Balaban J connectivity index is 0.00000392. The number of nitrogens with one attached hydrogen (secondary N) is 1. The Morgan fingerprint density at radius 3 is 2.46 bits per heavy atom. The number of sulfone groups is 1. The van der Waals surface area contributed by atoms with Crippen molar-refractivity contribution < 1.29 is 13.2 Å². The molecule has 28 heavy (non-hydrogen) atoms. The van der Waals surface area contributed by atoms with Crippen molar-refractivity contribution in [2.75, 3.05) is 33.0 Å². The lowest BCUT2D eigenvalue weighted by Gasteiger charge is -2.22. The van der Waals surface area contributed by atoms with E-state index >= 15 is 0 Å². The number of halogens is 1. The van der Waals surface area contributed by atoms with Crippen LogP contribution in [-0.2, 0) is 23.4 Å². The fourth-order valence-corrected chi connectivity index (χ4v) is 3.18. The number of ether oxygens (including phenoxy) is 1. The van der Waals surface area contributed by atoms with Gasteiger partial charge < -0.3 is 19.5 Å². The van der Waals surface area contributed by atoms with Crippen molar-refractivity contribution in [2.24, 2.45) is 12.0 Å². The normalized spacial score (nSPS) is 11.6. The molecule has 0 aliphatic heterocycles. The maximum atomic E-state index is 11.5. The van der Waals surface area contributed by atoms with Crippen LogP contribution in [0.15, 0.2) is 52.5 Å². The van der Waals surface area contributed by atoms with E-state index in [0.717, 1.165) is 19.0 Å². The fourth-order valence-electron chi connectivity index (χ4n) is 2.55. The second kappa shape index (κ2) is 11.3. The third-order valence-corrected chi connectivity index (χ3v) is 5.15. The van der Waals surface area contributed by atoms with Gasteiger partial charge >= 0.3 is 0 Å². The van der Waals surface area contributed by atoms with Gasteiger partial charge in [0.1, 0.15) is 12.4 Å². The first-order valence-electron chi connectivity index (χ1n) is 8.84. The largest absolute Gasteiger partial charge is 0.492 e. The molecular formula is C19H29IN4O3S. The Morgan fingerprint density at radius 1 is 1.25 bits per heavy atom. The summed E-state index contributed by atoms with van der Waals surface area (Å²) in [6.45, 7) is 4.47. The van der Waals surface area contributed by atoms with E-state index in [2.05, 4.69) is 25.8 Å². The van der Waals surface area contributed by atoms with Gasteiger partial charge in [0.2, 0.25) is 0 Å². The number of aryl methyl sites for hydroxylation is 1. The second-order valence-electron chi connectivity index (χ2n) is 6.29. The summed E-state index contributed by atoms with van der Waals surface area (Å²) in [5, 5.41) is 3.28. The Bertz CT molecular complexity index is 864. The monoisotopic (exact) mass is 520 g/mol. The minimum Gasteiger partial charge on any atom is -0.492 e. The van der Waals surface area contributed by atoms with Crippen LogP contribution in [0, 0.1) is 0 Å². The summed E-state index contributed by atoms with van der Waals surface area (Å²) < 4.78 is 30.7. The van der Waals surface area contributed by atoms with Crippen molar-refractivity contribution in [3.63, 3.8) is 0 Å². The second-order valence-corrected chi connectivity index (χ2v) is 8.31. The van der Waals surface area contributed by atoms with Crippen LogP contribution in [0.4, 0.5) is 0 Å². The van der Waals surface area contributed by atoms with Crippen molar-refractivity contribution in [1.29, 1.82) is 0 Å². The predicted octanol–water partition coefficient (Wildman–Crippen LogP) is 2.52. The van der Waals surface area contributed by atoms with Gasteiger partial charge in [-0.05, 0) is 43.3 Å². The summed E-state index contributed by atoms with van der Waals surface area (Å²) in [6, 6.07) is 10.5. The van der Waals surface area contributed by atoms with E-state index in [1.165, 1.54) is 11.9 Å². The van der Waals surface area contributed by atoms with Crippen LogP contribution in [-0.4, -0.2) is 56.8 Å². The van der Waals surface area contributed by atoms with Crippen LogP contribution < -0.4 is 10.1 Å². The molecule has 2 aromatic rings. The minimum atomic E-state index is -3.19. The summed E-state index contributed by atoms with van der Waals surface area (Å²) in [5.74, 6) is 1.44. The van der Waals surface area contributed by atoms with Crippen LogP contribution in [0.2, 0.25) is 0 Å². The molecule has 0 aliphatic rings. The first-order chi connectivity index (χ1) is 12.8. The van der Waals surface area contributed by atoms with Gasteiger partial charge in [0, 0.05) is 38.8 Å². The van der Waals surface area contributed by atoms with Crippen molar-refractivity contribution in [3.8, 4) is 5.75 Å². The third kappa shape index (κ3) is 7.34. The van der Waals surface area contributed by atoms with Gasteiger partial charge in [0.25, 0.3) is 0 Å². The van der Waals surface area contributed by atoms with Crippen molar-refractivity contribution >= 4 is 39.8 Å². The number of hydrogen-bond acceptors (Lipinski definition) is 4. The maximum absolute atomic E-state index is 11.5. The Labute approximate surface area is 184 Å². The first kappa shape index (κ1) is 24.3. The highest BCUT2D eigenvalue weighted by Crippen LogP contribution is 2.15. The van der Waals surface area contributed by atoms with Crippen molar-refractivity contribution in [3.05, 3.63) is 48.3 Å². The van der Waals surface area contributed by atoms with E-state index in [0.29, 0.717) is 18.9 Å². The molecule has 0 fully saturated rings. The van der Waals surface area contributed by atoms with E-state index in [9.17, 15) is 8.42 Å². The number of nitrogens with zero attached hydrogens (tertiary/aromatic N) is 3. The van der Waals surface area contributed by atoms with Gasteiger partial charge in [-0.25, -0.2) is 13.4 Å². The summed E-state index contributed by atoms with van der Waals surface area (Å²) >= 11 is 0. The van der Waals surface area contributed by atoms with Gasteiger partial charge in [-0.3, -0.25) is 0 Å². The molecule has 0 spiro atoms. The van der Waals surface area contributed by atoms with Crippen LogP contribution >= 0.6 is 24.0 Å². The summed E-state index contributed by atoms with van der Waals surface area (Å²) in [4.78, 5) is 6.95. The van der Waals surface area contributed by atoms with E-state index in [-0.39, 0.29) is 28.9 Å². The Morgan fingerprint density at radius 2 is 1.93 bits per heavy atom. The molecule has 1 aromatic carbocycles. The molecule has 0 aliphatic carbocycles. The molecule has 9 heteroatoms. The topological polar surface area (TPSA) is 75.9 Å². The first-order valence-corrected chi connectivity index (χ1v) is 10.7. The highest BCUT2D eigenvalue weighted by molar-refractivity contribution is 14.0. The minimum absolute atomic E-state index is 0. The molecule has 0 atom stereocenters. The number of guanidine groups is 1. The molecule has 0 radical (unpaired) electrons. The average Bonchev–Trinajstić information content (AvgIpc) is 3.02. The molecule has 1 N–H and O–H groups in total. The SMILES string of the molecule is CCNC(=NCCOc1ccc(S(C)(=O)=O)cc1)N(C)Cc1cccn1C.I. The number of aromatic nitrogens is 1. The molecule has 0 unspecified atom stereocenters. The number of aliphatic imine (C=N–C) groups is 1. The molecule has 0 amide bonds. The Hall–Kier alpha value is -1.75. The van der Waals surface area contributed by atoms with Gasteiger partial charge in [0.15, 0.2) is 15.8 Å². The van der Waals surface area contributed by atoms with Crippen molar-refractivity contribution in [2.45, 2.75) is 18.4 Å². The highest BCUT2D eigenvalue weighted by atomic mass is 127. The lowest BCUT2D eigenvalue weighted by Crippen LogP contribution is -2.39. The quantitative estimate of drug-likeness (QED) is 0.251. The highest BCUT2D eigenvalue weighted by Gasteiger charge is 2.09. The zero-order chi connectivity index (χ0) is 19.9. The maximum Gasteiger partial charge on any atom is 0.194 e. The van der Waals surface area contributed by atoms with Crippen LogP contribution in [0.1, 0.15) is 12.6 Å². The smallest absolute Gasteiger partial charge is 0.194 e. The van der Waals surface area contributed by atoms with E-state index in [1.54, 1.807) is 24.3 Å². The number of rotatable bonds is 8. The molecular weight excluding hydrogens is 491 g/mol. The molecule has 7 nitrogen and oxygen atoms in total. The summed E-state index contributed by atoms with van der Waals surface area (Å²) in [5.41, 5.74) is 1.20. The average molecular weight is 520 g/mol. The van der Waals surface area contributed by atoms with Crippen LogP contribution in [0.25, 0.3) is 0 Å². The molecule has 1 heterocycles. The van der Waals surface area contributed by atoms with Gasteiger partial charge in [-0.2, -0.15) is 0 Å². The van der Waals surface area contributed by atoms with Gasteiger partial charge in [-0.15, -0.1) is 24.0 Å². The summed E-state index contributed by atoms with van der Waals surface area (Å²) in [7, 11) is 0.834. The summed E-state index contributed by atoms with van der Waals surface area (Å²) in [6.07, 6.45) is 3.21. The molecule has 156 valence electrons. The van der Waals surface area contributed by atoms with Crippen LogP contribution in [0.5, 0.6) is 5.75 Å². The fraction of sp³-hybridized carbons (Fsp3) is 0.421. The Kier molecular flexibility index (Phi) is 9.80. The van der Waals surface area contributed by atoms with Crippen molar-refractivity contribution in [1.82, 2.24) is 14.8 Å². The standard InChI is InChI=1S/C19H28N4O3S.HI/c1-5-20-19(23(3)15-16-7-6-13-22(16)2)21-12-14-26-17-8-10-18(11-9-17)27(4,24)25;/h6-11,13H,5,12,14-15H2,1-4H3,(H,20,21);1H. The molecule has 0 saturated carbocycles. The molecule has 0 saturated heterocycles. The third-order valence-electron chi connectivity index (χ3n) is 4.02. The predicted molar refractivity (Wildman–Crippen MR) is 123 cm³/mol. The number of hydrogen-bond donors (Lipinski definition) is 1. The van der Waals surface area contributed by atoms with Gasteiger partial charge in [0.05, 0.1) is 18.0 Å². The lowest BCUT2D eigenvalue weighted by atomic mass is 10.3. The molecule has 2 rings (SSSR count). The molecule has 0 bridgehead atoms. The van der Waals surface area contributed by atoms with Gasteiger partial charge in [-0.1, -0.05) is 0 Å². The zero-order valence-electron chi connectivity index (χ0n) is 16.8. The van der Waals surface area contributed by atoms with E-state index in [4.69, 9.17) is 4.74 Å².